The van der Waals surface area contributed by atoms with E-state index in [1.165, 1.54) is 6.08 Å². The Morgan fingerprint density at radius 1 is 1.25 bits per heavy atom. The quantitative estimate of drug-likeness (QED) is 0.815. The maximum Gasteiger partial charge on any atom is 0.248 e. The van der Waals surface area contributed by atoms with E-state index in [1.807, 2.05) is 43.3 Å². The third kappa shape index (κ3) is 4.72. The number of hydrogen-bond acceptors (Lipinski definition) is 3. The van der Waals surface area contributed by atoms with Crippen LogP contribution in [-0.4, -0.2) is 12.5 Å². The summed E-state index contributed by atoms with van der Waals surface area (Å²) in [4.78, 5) is 12.2. The van der Waals surface area contributed by atoms with Gasteiger partial charge in [-0.05, 0) is 48.2 Å². The Morgan fingerprint density at radius 2 is 2.00 bits per heavy atom. The first-order valence-corrected chi connectivity index (χ1v) is 7.81. The molecule has 0 spiro atoms. The van der Waals surface area contributed by atoms with Crippen LogP contribution in [0.2, 0.25) is 0 Å². The van der Waals surface area contributed by atoms with Gasteiger partial charge in [0.25, 0.3) is 0 Å². The van der Waals surface area contributed by atoms with E-state index in [0.29, 0.717) is 5.75 Å². The number of rotatable bonds is 6. The van der Waals surface area contributed by atoms with Gasteiger partial charge in [-0.25, -0.2) is 0 Å². The Bertz CT molecular complexity index is 771. The largest absolute Gasteiger partial charge is 0.479 e. The highest BCUT2D eigenvalue weighted by Gasteiger charge is 2.06. The minimum atomic E-state index is -0.163. The third-order valence-electron chi connectivity index (χ3n) is 3.60. The smallest absolute Gasteiger partial charge is 0.248 e. The predicted molar refractivity (Wildman–Crippen MR) is 95.8 cm³/mol. The predicted octanol–water partition coefficient (Wildman–Crippen LogP) is 4.11. The first-order chi connectivity index (χ1) is 11.6. The Morgan fingerprint density at radius 3 is 2.67 bits per heavy atom. The number of benzene rings is 2. The van der Waals surface area contributed by atoms with Crippen LogP contribution in [0.25, 0.3) is 6.08 Å². The number of nitrogens with zero attached hydrogens (tertiary/aromatic N) is 1. The Balaban J connectivity index is 2.02. The molecule has 2 aromatic rings. The summed E-state index contributed by atoms with van der Waals surface area (Å²) in [5.74, 6) is 0.467. The van der Waals surface area contributed by atoms with Crippen molar-refractivity contribution in [2.45, 2.75) is 20.3 Å². The molecule has 0 aromatic heterocycles. The van der Waals surface area contributed by atoms with Gasteiger partial charge in [0.15, 0.2) is 6.61 Å². The number of para-hydroxylation sites is 1. The van der Waals surface area contributed by atoms with Crippen LogP contribution in [0.15, 0.2) is 48.5 Å². The second-order valence-electron chi connectivity index (χ2n) is 5.30. The van der Waals surface area contributed by atoms with Crippen LogP contribution >= 0.6 is 0 Å². The maximum absolute atomic E-state index is 12.2. The minimum absolute atomic E-state index is 0.0216. The summed E-state index contributed by atoms with van der Waals surface area (Å²) in [6.07, 6.45) is 4.12. The van der Waals surface area contributed by atoms with E-state index in [0.717, 1.165) is 28.8 Å². The van der Waals surface area contributed by atoms with Crippen LogP contribution < -0.4 is 10.1 Å². The maximum atomic E-state index is 12.2. The van der Waals surface area contributed by atoms with E-state index in [2.05, 4.69) is 12.2 Å². The van der Waals surface area contributed by atoms with Crippen LogP contribution in [0, 0.1) is 18.3 Å². The number of carbonyl (C=O) groups excluding carboxylic acids is 1. The molecule has 4 heteroatoms. The highest BCUT2D eigenvalue weighted by molar-refractivity contribution is 6.02. The molecule has 0 bridgehead atoms. The Kier molecular flexibility index (Phi) is 6.16. The van der Waals surface area contributed by atoms with Crippen molar-refractivity contribution in [3.8, 4) is 11.8 Å². The van der Waals surface area contributed by atoms with Crippen molar-refractivity contribution in [2.24, 2.45) is 0 Å². The Hall–Kier alpha value is -3.06. The van der Waals surface area contributed by atoms with Gasteiger partial charge >= 0.3 is 0 Å². The summed E-state index contributed by atoms with van der Waals surface area (Å²) in [6, 6.07) is 15.1. The van der Waals surface area contributed by atoms with E-state index in [9.17, 15) is 4.79 Å². The van der Waals surface area contributed by atoms with Gasteiger partial charge in [-0.3, -0.25) is 4.79 Å². The van der Waals surface area contributed by atoms with Crippen LogP contribution in [-0.2, 0) is 11.2 Å². The van der Waals surface area contributed by atoms with E-state index in [1.54, 1.807) is 18.2 Å². The first kappa shape index (κ1) is 17.3. The molecule has 0 atom stereocenters. The SMILES string of the molecule is CCc1cccc(C)c1NC(=O)/C=C/c1ccc(OCC#N)cc1. The summed E-state index contributed by atoms with van der Waals surface area (Å²) >= 11 is 0. The summed E-state index contributed by atoms with van der Waals surface area (Å²) in [7, 11) is 0. The van der Waals surface area contributed by atoms with Crippen molar-refractivity contribution in [2.75, 3.05) is 11.9 Å². The average molecular weight is 320 g/mol. The van der Waals surface area contributed by atoms with Crippen molar-refractivity contribution in [3.63, 3.8) is 0 Å². The van der Waals surface area contributed by atoms with Crippen LogP contribution in [0.1, 0.15) is 23.6 Å². The molecular weight excluding hydrogens is 300 g/mol. The Labute approximate surface area is 142 Å². The zero-order valence-corrected chi connectivity index (χ0v) is 13.9. The molecule has 0 aliphatic carbocycles. The molecule has 4 nitrogen and oxygen atoms in total. The molecule has 24 heavy (non-hydrogen) atoms. The minimum Gasteiger partial charge on any atom is -0.479 e. The molecule has 0 aliphatic heterocycles. The van der Waals surface area contributed by atoms with Crippen LogP contribution in [0.3, 0.4) is 0 Å². The van der Waals surface area contributed by atoms with Crippen molar-refractivity contribution < 1.29 is 9.53 Å². The van der Waals surface area contributed by atoms with E-state index in [4.69, 9.17) is 10.00 Å². The molecule has 0 radical (unpaired) electrons. The fourth-order valence-corrected chi connectivity index (χ4v) is 2.33. The summed E-state index contributed by atoms with van der Waals surface area (Å²) < 4.78 is 5.19. The molecule has 0 unspecified atom stereocenters. The fourth-order valence-electron chi connectivity index (χ4n) is 2.33. The topological polar surface area (TPSA) is 62.1 Å². The number of aryl methyl sites for hydroxylation is 2. The second-order valence-corrected chi connectivity index (χ2v) is 5.30. The van der Waals surface area contributed by atoms with Gasteiger partial charge in [0.1, 0.15) is 11.8 Å². The van der Waals surface area contributed by atoms with Gasteiger partial charge in [-0.2, -0.15) is 5.26 Å². The average Bonchev–Trinajstić information content (AvgIpc) is 2.60. The monoisotopic (exact) mass is 320 g/mol. The van der Waals surface area contributed by atoms with E-state index >= 15 is 0 Å². The number of anilines is 1. The normalized spacial score (nSPS) is 10.4. The van der Waals surface area contributed by atoms with Gasteiger partial charge in [-0.15, -0.1) is 0 Å². The summed E-state index contributed by atoms with van der Waals surface area (Å²) in [5.41, 5.74) is 3.94. The van der Waals surface area contributed by atoms with Crippen LogP contribution in [0.5, 0.6) is 5.75 Å². The second kappa shape index (κ2) is 8.54. The molecule has 122 valence electrons. The lowest BCUT2D eigenvalue weighted by molar-refractivity contribution is -0.111. The van der Waals surface area contributed by atoms with Crippen molar-refractivity contribution in [1.29, 1.82) is 5.26 Å². The first-order valence-electron chi connectivity index (χ1n) is 7.81. The molecule has 0 saturated carbocycles. The highest BCUT2D eigenvalue weighted by atomic mass is 16.5. The van der Waals surface area contributed by atoms with Crippen molar-refractivity contribution in [1.82, 2.24) is 0 Å². The van der Waals surface area contributed by atoms with E-state index in [-0.39, 0.29) is 12.5 Å². The van der Waals surface area contributed by atoms with Crippen molar-refractivity contribution in [3.05, 3.63) is 65.2 Å². The number of carbonyl (C=O) groups is 1. The molecule has 0 aliphatic rings. The van der Waals surface area contributed by atoms with E-state index < -0.39 is 0 Å². The number of nitrogens with one attached hydrogen (secondary N) is 1. The zero-order chi connectivity index (χ0) is 17.4. The zero-order valence-electron chi connectivity index (χ0n) is 13.9. The lowest BCUT2D eigenvalue weighted by Crippen LogP contribution is -2.11. The number of nitriles is 1. The number of ether oxygens (including phenoxy) is 1. The van der Waals surface area contributed by atoms with Gasteiger partial charge < -0.3 is 10.1 Å². The highest BCUT2D eigenvalue weighted by Crippen LogP contribution is 2.21. The molecule has 1 N–H and O–H groups in total. The fraction of sp³-hybridized carbons (Fsp3) is 0.200. The number of hydrogen-bond donors (Lipinski definition) is 1. The van der Waals surface area contributed by atoms with Gasteiger partial charge in [0.05, 0.1) is 0 Å². The van der Waals surface area contributed by atoms with Gasteiger partial charge in [0.2, 0.25) is 5.91 Å². The molecule has 1 amide bonds. The van der Waals surface area contributed by atoms with Gasteiger partial charge in [-0.1, -0.05) is 37.3 Å². The molecule has 0 heterocycles. The lowest BCUT2D eigenvalue weighted by Gasteiger charge is -2.11. The van der Waals surface area contributed by atoms with Crippen LogP contribution in [0.4, 0.5) is 5.69 Å². The van der Waals surface area contributed by atoms with Crippen molar-refractivity contribution >= 4 is 17.7 Å². The van der Waals surface area contributed by atoms with Gasteiger partial charge in [0, 0.05) is 11.8 Å². The molecular formula is C20H20N2O2. The summed E-state index contributed by atoms with van der Waals surface area (Å²) in [5, 5.41) is 11.4. The molecule has 2 rings (SSSR count). The molecule has 0 fully saturated rings. The molecule has 2 aromatic carbocycles. The number of amides is 1. The third-order valence-corrected chi connectivity index (χ3v) is 3.60. The standard InChI is InChI=1S/C20H20N2O2/c1-3-17-6-4-5-15(2)20(17)22-19(23)12-9-16-7-10-18(11-8-16)24-14-13-21/h4-12H,3,14H2,1-2H3,(H,22,23)/b12-9+. The molecule has 0 saturated heterocycles. The lowest BCUT2D eigenvalue weighted by atomic mass is 10.1. The summed E-state index contributed by atoms with van der Waals surface area (Å²) in [6.45, 7) is 4.07.